The van der Waals surface area contributed by atoms with Gasteiger partial charge in [0.05, 0.1) is 11.1 Å². The molecule has 3 aromatic rings. The number of benzene rings is 1. The lowest BCUT2D eigenvalue weighted by molar-refractivity contribution is -0.137. The van der Waals surface area contributed by atoms with Crippen LogP contribution in [0.25, 0.3) is 16.8 Å². The van der Waals surface area contributed by atoms with E-state index in [0.29, 0.717) is 30.4 Å². The molecule has 0 unspecified atom stereocenters. The zero-order valence-electron chi connectivity index (χ0n) is 15.4. The standard InChI is InChI=1S/C19H17F4N5O/c1-27-9-12(20)8-13(10-27)24-18-26-25-17(15-3-2-6-28(15)18)14-5-4-11(7-16(14)29)19(21,22)23/h2-7,12,29H,8-10H2,1H3/b24-13-/t12-/m0/s1. The summed E-state index contributed by atoms with van der Waals surface area (Å²) >= 11 is 0. The SMILES string of the molecule is CN1C/C(=N\c2nnc(-c3ccc(C(F)(F)F)cc3O)c3cccn23)C[C@H](F)C1. The van der Waals surface area contributed by atoms with Crippen LogP contribution < -0.4 is 0 Å². The number of aliphatic imine (C=N–C) groups is 1. The Balaban J connectivity index is 1.76. The van der Waals surface area contributed by atoms with E-state index in [1.54, 1.807) is 29.8 Å². The molecule has 0 bridgehead atoms. The summed E-state index contributed by atoms with van der Waals surface area (Å²) in [4.78, 5) is 6.26. The molecule has 1 atom stereocenters. The third-order valence-electron chi connectivity index (χ3n) is 4.70. The molecule has 1 saturated heterocycles. The number of piperidine rings is 1. The molecule has 1 aliphatic heterocycles. The van der Waals surface area contributed by atoms with Crippen LogP contribution in [0.3, 0.4) is 0 Å². The van der Waals surface area contributed by atoms with Gasteiger partial charge in [-0.1, -0.05) is 0 Å². The van der Waals surface area contributed by atoms with Crippen LogP contribution in [0.1, 0.15) is 12.0 Å². The second-order valence-electron chi connectivity index (χ2n) is 7.02. The number of phenolic OH excluding ortho intramolecular Hbond substituents is 1. The Bertz CT molecular complexity index is 1080. The highest BCUT2D eigenvalue weighted by atomic mass is 19.4. The maximum atomic E-state index is 13.8. The van der Waals surface area contributed by atoms with E-state index in [1.165, 1.54) is 0 Å². The van der Waals surface area contributed by atoms with Crippen LogP contribution in [0.5, 0.6) is 5.75 Å². The van der Waals surface area contributed by atoms with E-state index in [2.05, 4.69) is 15.2 Å². The maximum Gasteiger partial charge on any atom is 0.416 e. The quantitative estimate of drug-likeness (QED) is 0.655. The lowest BCUT2D eigenvalue weighted by atomic mass is 10.1. The molecule has 0 spiro atoms. The number of fused-ring (bicyclic) bond motifs is 1. The summed E-state index contributed by atoms with van der Waals surface area (Å²) in [6.07, 6.45) is -3.69. The molecular weight excluding hydrogens is 390 g/mol. The van der Waals surface area contributed by atoms with Gasteiger partial charge in [0.15, 0.2) is 0 Å². The van der Waals surface area contributed by atoms with Crippen molar-refractivity contribution in [1.29, 1.82) is 0 Å². The van der Waals surface area contributed by atoms with Crippen molar-refractivity contribution in [2.24, 2.45) is 4.99 Å². The van der Waals surface area contributed by atoms with Gasteiger partial charge in [-0.2, -0.15) is 13.2 Å². The largest absolute Gasteiger partial charge is 0.507 e. The molecule has 4 rings (SSSR count). The Hall–Kier alpha value is -3.01. The van der Waals surface area contributed by atoms with Gasteiger partial charge in [-0.25, -0.2) is 9.38 Å². The Morgan fingerprint density at radius 2 is 2.00 bits per heavy atom. The summed E-state index contributed by atoms with van der Waals surface area (Å²) in [6.45, 7) is 0.849. The van der Waals surface area contributed by atoms with Crippen LogP contribution in [0.15, 0.2) is 41.5 Å². The highest BCUT2D eigenvalue weighted by Crippen LogP contribution is 2.37. The van der Waals surface area contributed by atoms with Gasteiger partial charge in [0, 0.05) is 37.0 Å². The predicted octanol–water partition coefficient (Wildman–Crippen LogP) is 3.87. The van der Waals surface area contributed by atoms with Gasteiger partial charge in [-0.15, -0.1) is 10.2 Å². The molecule has 1 aliphatic rings. The average Bonchev–Trinajstić information content (AvgIpc) is 3.11. The first-order chi connectivity index (χ1) is 13.7. The third-order valence-corrected chi connectivity index (χ3v) is 4.70. The van der Waals surface area contributed by atoms with Crippen molar-refractivity contribution in [3.8, 4) is 17.0 Å². The Labute approximate surface area is 163 Å². The van der Waals surface area contributed by atoms with Gasteiger partial charge in [-0.3, -0.25) is 9.30 Å². The van der Waals surface area contributed by atoms with E-state index in [4.69, 9.17) is 0 Å². The first kappa shape index (κ1) is 19.3. The van der Waals surface area contributed by atoms with Crippen molar-refractivity contribution in [1.82, 2.24) is 19.5 Å². The minimum absolute atomic E-state index is 0.120. The fraction of sp³-hybridized carbons (Fsp3) is 0.316. The number of rotatable bonds is 2. The molecule has 0 radical (unpaired) electrons. The van der Waals surface area contributed by atoms with Crippen molar-refractivity contribution in [3.05, 3.63) is 42.1 Å². The van der Waals surface area contributed by atoms with E-state index in [1.807, 2.05) is 4.90 Å². The van der Waals surface area contributed by atoms with Gasteiger partial charge in [0.2, 0.25) is 0 Å². The Kier molecular flexibility index (Phi) is 4.73. The first-order valence-electron chi connectivity index (χ1n) is 8.86. The van der Waals surface area contributed by atoms with Crippen molar-refractivity contribution < 1.29 is 22.7 Å². The van der Waals surface area contributed by atoms with Crippen LogP contribution in [0, 0.1) is 0 Å². The number of phenols is 1. The number of nitrogens with zero attached hydrogens (tertiary/aromatic N) is 5. The minimum Gasteiger partial charge on any atom is -0.507 e. The second kappa shape index (κ2) is 7.11. The predicted molar refractivity (Wildman–Crippen MR) is 99.2 cm³/mol. The van der Waals surface area contributed by atoms with E-state index in [9.17, 15) is 22.7 Å². The maximum absolute atomic E-state index is 13.8. The van der Waals surface area contributed by atoms with Crippen molar-refractivity contribution >= 4 is 17.2 Å². The molecule has 2 aromatic heterocycles. The molecule has 0 amide bonds. The van der Waals surface area contributed by atoms with Gasteiger partial charge in [0.25, 0.3) is 5.95 Å². The van der Waals surface area contributed by atoms with Crippen LogP contribution in [0.4, 0.5) is 23.5 Å². The number of alkyl halides is 4. The summed E-state index contributed by atoms with van der Waals surface area (Å²) in [5.74, 6) is -0.317. The fourth-order valence-electron chi connectivity index (χ4n) is 3.44. The van der Waals surface area contributed by atoms with Crippen LogP contribution >= 0.6 is 0 Å². The molecule has 1 N–H and O–H groups in total. The molecule has 3 heterocycles. The van der Waals surface area contributed by atoms with E-state index in [-0.39, 0.29) is 23.6 Å². The van der Waals surface area contributed by atoms with Gasteiger partial charge in [-0.05, 0) is 37.4 Å². The molecular formula is C19H17F4N5O. The number of aromatic hydroxyl groups is 1. The molecule has 29 heavy (non-hydrogen) atoms. The Morgan fingerprint density at radius 1 is 1.21 bits per heavy atom. The van der Waals surface area contributed by atoms with E-state index < -0.39 is 23.7 Å². The van der Waals surface area contributed by atoms with Crippen LogP contribution in [-0.2, 0) is 6.18 Å². The number of likely N-dealkylation sites (tertiary alicyclic amines) is 1. The van der Waals surface area contributed by atoms with Crippen molar-refractivity contribution in [2.45, 2.75) is 18.8 Å². The molecule has 10 heteroatoms. The topological polar surface area (TPSA) is 66.0 Å². The second-order valence-corrected chi connectivity index (χ2v) is 7.02. The van der Waals surface area contributed by atoms with E-state index >= 15 is 0 Å². The van der Waals surface area contributed by atoms with Gasteiger partial charge in [0.1, 0.15) is 17.6 Å². The highest BCUT2D eigenvalue weighted by Gasteiger charge is 2.31. The lowest BCUT2D eigenvalue weighted by Crippen LogP contribution is -2.39. The zero-order valence-corrected chi connectivity index (χ0v) is 15.4. The monoisotopic (exact) mass is 407 g/mol. The third kappa shape index (κ3) is 3.80. The first-order valence-corrected chi connectivity index (χ1v) is 8.86. The number of halogens is 4. The van der Waals surface area contributed by atoms with Crippen molar-refractivity contribution in [2.75, 3.05) is 20.1 Å². The molecule has 6 nitrogen and oxygen atoms in total. The van der Waals surface area contributed by atoms with E-state index in [0.717, 1.165) is 12.1 Å². The summed E-state index contributed by atoms with van der Waals surface area (Å²) in [6, 6.07) is 6.09. The van der Waals surface area contributed by atoms with Crippen molar-refractivity contribution in [3.63, 3.8) is 0 Å². The summed E-state index contributed by atoms with van der Waals surface area (Å²) in [7, 11) is 1.80. The summed E-state index contributed by atoms with van der Waals surface area (Å²) in [5, 5.41) is 18.3. The Morgan fingerprint density at radius 3 is 2.69 bits per heavy atom. The molecule has 1 aromatic carbocycles. The minimum atomic E-state index is -4.56. The fourth-order valence-corrected chi connectivity index (χ4v) is 3.44. The normalized spacial score (nSPS) is 19.9. The number of hydrogen-bond donors (Lipinski definition) is 1. The zero-order chi connectivity index (χ0) is 20.8. The molecule has 152 valence electrons. The molecule has 1 fully saturated rings. The van der Waals surface area contributed by atoms with Gasteiger partial charge < -0.3 is 5.11 Å². The van der Waals surface area contributed by atoms with Gasteiger partial charge >= 0.3 is 6.18 Å². The number of aromatic nitrogens is 3. The molecule has 0 saturated carbocycles. The smallest absolute Gasteiger partial charge is 0.416 e. The highest BCUT2D eigenvalue weighted by molar-refractivity contribution is 5.89. The van der Waals surface area contributed by atoms with Crippen LogP contribution in [-0.4, -0.2) is 56.6 Å². The lowest BCUT2D eigenvalue weighted by Gasteiger charge is -2.26. The van der Waals surface area contributed by atoms with Crippen LogP contribution in [0.2, 0.25) is 0 Å². The summed E-state index contributed by atoms with van der Waals surface area (Å²) in [5.41, 5.74) is 0.517. The average molecular weight is 407 g/mol. The number of hydrogen-bond acceptors (Lipinski definition) is 5. The summed E-state index contributed by atoms with van der Waals surface area (Å²) < 4.78 is 54.0. The molecule has 0 aliphatic carbocycles.